The van der Waals surface area contributed by atoms with Crippen LogP contribution in [0.1, 0.15) is 34.1 Å². The monoisotopic (exact) mass is 246 g/mol. The summed E-state index contributed by atoms with van der Waals surface area (Å²) in [6, 6.07) is 0. The van der Waals surface area contributed by atoms with Gasteiger partial charge in [-0.1, -0.05) is 32.9 Å². The van der Waals surface area contributed by atoms with Crippen LogP contribution in [0.4, 0.5) is 0 Å². The third-order valence-electron chi connectivity index (χ3n) is 2.17. The molecule has 4 nitrogen and oxygen atoms in total. The summed E-state index contributed by atoms with van der Waals surface area (Å²) in [6.07, 6.45) is 0.980. The van der Waals surface area contributed by atoms with Gasteiger partial charge in [-0.05, 0) is 17.6 Å². The van der Waals surface area contributed by atoms with Gasteiger partial charge in [0.2, 0.25) is 5.91 Å². The summed E-state index contributed by atoms with van der Waals surface area (Å²) in [7, 11) is 1.60. The number of nitrogens with zero attached hydrogens (tertiary/aromatic N) is 1. The highest BCUT2D eigenvalue weighted by Crippen LogP contribution is 2.31. The number of carbonyl (C=O) groups excluding carboxylic acids is 1. The Morgan fingerprint density at radius 2 is 2.06 bits per heavy atom. The third-order valence-corrected chi connectivity index (χ3v) is 3.40. The predicted molar refractivity (Wildman–Crippen MR) is 69.0 cm³/mol. The number of hydrogen-bond acceptors (Lipinski definition) is 4. The van der Waals surface area contributed by atoms with Gasteiger partial charge in [0.25, 0.3) is 0 Å². The molecule has 0 rings (SSSR count). The number of nitrogens with one attached hydrogen (secondary N) is 1. The summed E-state index contributed by atoms with van der Waals surface area (Å²) >= 11 is 1.44. The Labute approximate surface area is 102 Å². The molecule has 1 atom stereocenters. The van der Waals surface area contributed by atoms with Gasteiger partial charge in [-0.25, -0.2) is 0 Å². The standard InChI is InChI=1S/C11H22N2O2S/c1-6-7-16-10(13-15)8(9(14)12-5)11(2,3)4/h8,15H,6-7H2,1-5H3,(H,12,14). The zero-order valence-electron chi connectivity index (χ0n) is 10.7. The van der Waals surface area contributed by atoms with E-state index in [1.54, 1.807) is 7.05 Å². The van der Waals surface area contributed by atoms with Gasteiger partial charge in [-0.2, -0.15) is 0 Å². The maximum atomic E-state index is 11.8. The molecule has 0 aliphatic carbocycles. The molecule has 0 radical (unpaired) electrons. The number of oxime groups is 1. The van der Waals surface area contributed by atoms with Crippen LogP contribution in [0.15, 0.2) is 5.16 Å². The number of amides is 1. The minimum absolute atomic E-state index is 0.107. The molecule has 0 bridgehead atoms. The van der Waals surface area contributed by atoms with Crippen LogP contribution in [-0.4, -0.2) is 29.0 Å². The average Bonchev–Trinajstić information content (AvgIpc) is 2.21. The molecule has 0 aromatic carbocycles. The van der Waals surface area contributed by atoms with Crippen molar-refractivity contribution in [3.05, 3.63) is 0 Å². The number of thioether (sulfide) groups is 1. The van der Waals surface area contributed by atoms with E-state index >= 15 is 0 Å². The molecule has 0 aromatic rings. The number of rotatable bonds is 4. The lowest BCUT2D eigenvalue weighted by Gasteiger charge is -2.29. The van der Waals surface area contributed by atoms with E-state index in [1.165, 1.54) is 11.8 Å². The van der Waals surface area contributed by atoms with E-state index in [1.807, 2.05) is 27.7 Å². The summed E-state index contributed by atoms with van der Waals surface area (Å²) in [4.78, 5) is 11.8. The van der Waals surface area contributed by atoms with E-state index in [9.17, 15) is 4.79 Å². The van der Waals surface area contributed by atoms with Crippen molar-refractivity contribution in [2.24, 2.45) is 16.5 Å². The van der Waals surface area contributed by atoms with Gasteiger partial charge in [0.05, 0.1) is 5.92 Å². The average molecular weight is 246 g/mol. The first kappa shape index (κ1) is 15.3. The Balaban J connectivity index is 4.94. The lowest BCUT2D eigenvalue weighted by Crippen LogP contribution is -2.40. The van der Waals surface area contributed by atoms with Crippen LogP contribution < -0.4 is 5.32 Å². The van der Waals surface area contributed by atoms with Crippen LogP contribution >= 0.6 is 11.8 Å². The molecule has 1 amide bonds. The summed E-state index contributed by atoms with van der Waals surface area (Å²) in [5, 5.41) is 15.4. The smallest absolute Gasteiger partial charge is 0.230 e. The molecule has 0 aliphatic rings. The van der Waals surface area contributed by atoms with Gasteiger partial charge < -0.3 is 10.5 Å². The van der Waals surface area contributed by atoms with Crippen molar-refractivity contribution < 1.29 is 10.0 Å². The van der Waals surface area contributed by atoms with Crippen molar-refractivity contribution in [3.8, 4) is 0 Å². The molecule has 0 fully saturated rings. The Morgan fingerprint density at radius 3 is 2.38 bits per heavy atom. The van der Waals surface area contributed by atoms with Crippen LogP contribution in [0.25, 0.3) is 0 Å². The zero-order valence-corrected chi connectivity index (χ0v) is 11.5. The maximum Gasteiger partial charge on any atom is 0.230 e. The number of carbonyl (C=O) groups is 1. The molecule has 16 heavy (non-hydrogen) atoms. The Bertz CT molecular complexity index is 259. The van der Waals surface area contributed by atoms with Gasteiger partial charge in [0.1, 0.15) is 5.04 Å². The van der Waals surface area contributed by atoms with E-state index in [-0.39, 0.29) is 11.3 Å². The van der Waals surface area contributed by atoms with Crippen molar-refractivity contribution in [3.63, 3.8) is 0 Å². The highest BCUT2D eigenvalue weighted by molar-refractivity contribution is 8.14. The molecular weight excluding hydrogens is 224 g/mol. The molecule has 0 aromatic heterocycles. The second kappa shape index (κ2) is 6.78. The van der Waals surface area contributed by atoms with Gasteiger partial charge >= 0.3 is 0 Å². The molecule has 0 saturated heterocycles. The molecule has 0 saturated carbocycles. The third kappa shape index (κ3) is 4.43. The van der Waals surface area contributed by atoms with Crippen LogP contribution in [0.3, 0.4) is 0 Å². The molecule has 94 valence electrons. The van der Waals surface area contributed by atoms with E-state index in [0.29, 0.717) is 5.04 Å². The Morgan fingerprint density at radius 1 is 1.50 bits per heavy atom. The largest absolute Gasteiger partial charge is 0.410 e. The lowest BCUT2D eigenvalue weighted by molar-refractivity contribution is -0.124. The summed E-state index contributed by atoms with van der Waals surface area (Å²) in [5.41, 5.74) is -0.262. The summed E-state index contributed by atoms with van der Waals surface area (Å²) < 4.78 is 0. The maximum absolute atomic E-state index is 11.8. The van der Waals surface area contributed by atoms with Gasteiger partial charge in [0, 0.05) is 7.05 Å². The first-order chi connectivity index (χ1) is 7.38. The Kier molecular flexibility index (Phi) is 6.48. The van der Waals surface area contributed by atoms with E-state index in [0.717, 1.165) is 12.2 Å². The zero-order chi connectivity index (χ0) is 12.8. The van der Waals surface area contributed by atoms with E-state index < -0.39 is 5.92 Å². The highest BCUT2D eigenvalue weighted by atomic mass is 32.2. The highest BCUT2D eigenvalue weighted by Gasteiger charge is 2.35. The fourth-order valence-electron chi connectivity index (χ4n) is 1.40. The molecular formula is C11H22N2O2S. The van der Waals surface area contributed by atoms with Crippen LogP contribution in [0.2, 0.25) is 0 Å². The normalized spacial score (nSPS) is 14.7. The lowest BCUT2D eigenvalue weighted by atomic mass is 9.80. The van der Waals surface area contributed by atoms with E-state index in [4.69, 9.17) is 5.21 Å². The summed E-state index contributed by atoms with van der Waals surface area (Å²) in [5.74, 6) is 0.339. The van der Waals surface area contributed by atoms with Crippen LogP contribution in [0.5, 0.6) is 0 Å². The van der Waals surface area contributed by atoms with E-state index in [2.05, 4.69) is 10.5 Å². The van der Waals surface area contributed by atoms with Crippen molar-refractivity contribution in [2.75, 3.05) is 12.8 Å². The van der Waals surface area contributed by atoms with Crippen LogP contribution in [-0.2, 0) is 4.79 Å². The SMILES string of the molecule is CCCSC(=NO)C(C(=O)NC)C(C)(C)C. The second-order valence-electron chi connectivity index (χ2n) is 4.70. The summed E-state index contributed by atoms with van der Waals surface area (Å²) in [6.45, 7) is 7.94. The van der Waals surface area contributed by atoms with Gasteiger partial charge in [-0.15, -0.1) is 11.8 Å². The minimum Gasteiger partial charge on any atom is -0.410 e. The molecule has 5 heteroatoms. The van der Waals surface area contributed by atoms with Gasteiger partial charge in [-0.3, -0.25) is 4.79 Å². The van der Waals surface area contributed by atoms with Crippen molar-refractivity contribution >= 4 is 22.7 Å². The first-order valence-corrected chi connectivity index (χ1v) is 6.43. The quantitative estimate of drug-likeness (QED) is 0.346. The topological polar surface area (TPSA) is 61.7 Å². The molecule has 0 aliphatic heterocycles. The first-order valence-electron chi connectivity index (χ1n) is 5.44. The minimum atomic E-state index is -0.404. The predicted octanol–water partition coefficient (Wildman–Crippen LogP) is 2.33. The van der Waals surface area contributed by atoms with Crippen molar-refractivity contribution in [1.82, 2.24) is 5.32 Å². The second-order valence-corrected chi connectivity index (χ2v) is 5.82. The number of hydrogen-bond donors (Lipinski definition) is 2. The van der Waals surface area contributed by atoms with Crippen molar-refractivity contribution in [1.29, 1.82) is 0 Å². The molecule has 0 spiro atoms. The fourth-order valence-corrected chi connectivity index (χ4v) is 2.50. The Hall–Kier alpha value is -0.710. The molecule has 0 heterocycles. The molecule has 1 unspecified atom stereocenters. The molecule has 2 N–H and O–H groups in total. The van der Waals surface area contributed by atoms with Gasteiger partial charge in [0.15, 0.2) is 0 Å². The fraction of sp³-hybridized carbons (Fsp3) is 0.818. The van der Waals surface area contributed by atoms with Crippen LogP contribution in [0, 0.1) is 11.3 Å². The van der Waals surface area contributed by atoms with Crippen molar-refractivity contribution in [2.45, 2.75) is 34.1 Å².